The molecule has 122 valence electrons. The van der Waals surface area contributed by atoms with Crippen LogP contribution < -0.4 is 9.47 Å². The predicted molar refractivity (Wildman–Crippen MR) is 81.0 cm³/mol. The molecule has 1 aromatic rings. The van der Waals surface area contributed by atoms with Gasteiger partial charge in [-0.1, -0.05) is 6.07 Å². The zero-order valence-electron chi connectivity index (χ0n) is 12.8. The van der Waals surface area contributed by atoms with Crippen molar-refractivity contribution >= 4 is 5.91 Å². The normalized spacial score (nSPS) is 22.0. The second-order valence-corrected chi connectivity index (χ2v) is 5.58. The molecule has 0 saturated carbocycles. The summed E-state index contributed by atoms with van der Waals surface area (Å²) in [6, 6.07) is 7.09. The Morgan fingerprint density at radius 1 is 1.32 bits per heavy atom. The lowest BCUT2D eigenvalue weighted by Crippen LogP contribution is -2.38. The van der Waals surface area contributed by atoms with E-state index < -0.39 is 5.60 Å². The van der Waals surface area contributed by atoms with Crippen LogP contribution >= 0.6 is 0 Å². The number of benzene rings is 1. The van der Waals surface area contributed by atoms with E-state index in [1.165, 1.54) is 0 Å². The van der Waals surface area contributed by atoms with Crippen molar-refractivity contribution in [3.05, 3.63) is 24.3 Å². The summed E-state index contributed by atoms with van der Waals surface area (Å²) in [5.41, 5.74) is -1.07. The molecular formula is C16H23NO5. The van der Waals surface area contributed by atoms with Gasteiger partial charge in [-0.05, 0) is 31.4 Å². The van der Waals surface area contributed by atoms with Gasteiger partial charge in [-0.25, -0.2) is 0 Å². The molecule has 1 aliphatic rings. The number of aliphatic hydroxyl groups excluding tert-OH is 1. The average molecular weight is 309 g/mol. The van der Waals surface area contributed by atoms with Gasteiger partial charge in [-0.3, -0.25) is 4.79 Å². The van der Waals surface area contributed by atoms with Crippen molar-refractivity contribution in [3.63, 3.8) is 0 Å². The van der Waals surface area contributed by atoms with Crippen molar-refractivity contribution in [2.75, 3.05) is 33.4 Å². The van der Waals surface area contributed by atoms with E-state index in [-0.39, 0.29) is 19.1 Å². The first-order valence-corrected chi connectivity index (χ1v) is 7.44. The first-order valence-electron chi connectivity index (χ1n) is 7.44. The van der Waals surface area contributed by atoms with Gasteiger partial charge in [0.15, 0.2) is 6.61 Å². The molecule has 1 aliphatic heterocycles. The second kappa shape index (κ2) is 7.47. The monoisotopic (exact) mass is 309 g/mol. The van der Waals surface area contributed by atoms with Crippen LogP contribution in [0, 0.1) is 0 Å². The van der Waals surface area contributed by atoms with E-state index >= 15 is 0 Å². The third kappa shape index (κ3) is 4.35. The molecule has 1 heterocycles. The fraction of sp³-hybridized carbons (Fsp3) is 0.562. The Bertz CT molecular complexity index is 507. The molecule has 6 heteroatoms. The highest BCUT2D eigenvalue weighted by Crippen LogP contribution is 2.22. The van der Waals surface area contributed by atoms with Gasteiger partial charge in [-0.2, -0.15) is 0 Å². The molecule has 0 aliphatic carbocycles. The van der Waals surface area contributed by atoms with Crippen LogP contribution in [0.5, 0.6) is 11.5 Å². The topological polar surface area (TPSA) is 79.2 Å². The number of likely N-dealkylation sites (tertiary alicyclic amines) is 1. The predicted octanol–water partition coefficient (Wildman–Crippen LogP) is 0.810. The maximum absolute atomic E-state index is 12.2. The Hall–Kier alpha value is -1.79. The summed E-state index contributed by atoms with van der Waals surface area (Å²) in [6.45, 7) is 0.681. The molecule has 2 rings (SSSR count). The smallest absolute Gasteiger partial charge is 0.260 e. The zero-order chi connectivity index (χ0) is 16.0. The van der Waals surface area contributed by atoms with E-state index in [0.29, 0.717) is 43.9 Å². The fourth-order valence-corrected chi connectivity index (χ4v) is 2.51. The summed E-state index contributed by atoms with van der Waals surface area (Å²) in [4.78, 5) is 13.9. The molecule has 0 bridgehead atoms. The lowest BCUT2D eigenvalue weighted by molar-refractivity contribution is -0.133. The summed E-state index contributed by atoms with van der Waals surface area (Å²) in [6.07, 6.45) is 1.56. The van der Waals surface area contributed by atoms with E-state index in [9.17, 15) is 15.0 Å². The second-order valence-electron chi connectivity index (χ2n) is 5.58. The van der Waals surface area contributed by atoms with Crippen LogP contribution in [-0.4, -0.2) is 60.0 Å². The molecule has 1 atom stereocenters. The Kier molecular flexibility index (Phi) is 5.63. The number of aliphatic hydroxyl groups is 2. The number of nitrogens with zero attached hydrogens (tertiary/aromatic N) is 1. The van der Waals surface area contributed by atoms with Gasteiger partial charge >= 0.3 is 0 Å². The lowest BCUT2D eigenvalue weighted by atomic mass is 9.96. The van der Waals surface area contributed by atoms with Crippen molar-refractivity contribution in [3.8, 4) is 11.5 Å². The van der Waals surface area contributed by atoms with Crippen molar-refractivity contribution in [1.29, 1.82) is 0 Å². The van der Waals surface area contributed by atoms with Gasteiger partial charge in [0.25, 0.3) is 5.91 Å². The Balaban J connectivity index is 1.86. The molecule has 1 unspecified atom stereocenters. The highest BCUT2D eigenvalue weighted by molar-refractivity contribution is 5.77. The lowest BCUT2D eigenvalue weighted by Gasteiger charge is -2.24. The van der Waals surface area contributed by atoms with E-state index in [2.05, 4.69) is 0 Å². The summed E-state index contributed by atoms with van der Waals surface area (Å²) < 4.78 is 10.6. The Morgan fingerprint density at radius 2 is 2.09 bits per heavy atom. The van der Waals surface area contributed by atoms with Crippen molar-refractivity contribution in [1.82, 2.24) is 4.90 Å². The van der Waals surface area contributed by atoms with Gasteiger partial charge in [0.05, 0.1) is 19.3 Å². The van der Waals surface area contributed by atoms with E-state index in [4.69, 9.17) is 9.47 Å². The number of carbonyl (C=O) groups excluding carboxylic acids is 1. The molecule has 0 aromatic heterocycles. The molecule has 1 aromatic carbocycles. The van der Waals surface area contributed by atoms with Crippen molar-refractivity contribution in [2.45, 2.75) is 24.9 Å². The van der Waals surface area contributed by atoms with Crippen LogP contribution in [0.1, 0.15) is 19.3 Å². The number of amides is 1. The zero-order valence-corrected chi connectivity index (χ0v) is 12.8. The van der Waals surface area contributed by atoms with Crippen LogP contribution in [0.3, 0.4) is 0 Å². The number of carbonyl (C=O) groups is 1. The van der Waals surface area contributed by atoms with Crippen molar-refractivity contribution in [2.24, 2.45) is 0 Å². The Labute approximate surface area is 130 Å². The van der Waals surface area contributed by atoms with Crippen LogP contribution in [0.25, 0.3) is 0 Å². The molecule has 6 nitrogen and oxygen atoms in total. The van der Waals surface area contributed by atoms with Gasteiger partial charge in [0, 0.05) is 19.2 Å². The fourth-order valence-electron chi connectivity index (χ4n) is 2.51. The molecule has 1 saturated heterocycles. The molecule has 22 heavy (non-hydrogen) atoms. The third-order valence-corrected chi connectivity index (χ3v) is 3.97. The van der Waals surface area contributed by atoms with Crippen LogP contribution in [0.15, 0.2) is 24.3 Å². The Morgan fingerprint density at radius 3 is 2.82 bits per heavy atom. The van der Waals surface area contributed by atoms with Gasteiger partial charge < -0.3 is 24.6 Å². The standard InChI is InChI=1S/C16H23NO5/c1-21-13-4-2-5-14(10-13)22-11-15(19)17-8-3-6-16(20,12-18)7-9-17/h2,4-5,10,18,20H,3,6-9,11-12H2,1H3. The number of hydrogen-bond acceptors (Lipinski definition) is 5. The summed E-state index contributed by atoms with van der Waals surface area (Å²) in [5.74, 6) is 1.13. The average Bonchev–Trinajstić information content (AvgIpc) is 2.75. The van der Waals surface area contributed by atoms with Gasteiger partial charge in [0.2, 0.25) is 0 Å². The number of methoxy groups -OCH3 is 1. The summed E-state index contributed by atoms with van der Waals surface area (Å²) in [5, 5.41) is 19.3. The maximum atomic E-state index is 12.2. The molecule has 1 fully saturated rings. The number of rotatable bonds is 5. The van der Waals surface area contributed by atoms with Crippen LogP contribution in [0.4, 0.5) is 0 Å². The van der Waals surface area contributed by atoms with Crippen molar-refractivity contribution < 1.29 is 24.5 Å². The minimum atomic E-state index is -1.07. The van der Waals surface area contributed by atoms with E-state index in [1.54, 1.807) is 36.3 Å². The highest BCUT2D eigenvalue weighted by atomic mass is 16.5. The van der Waals surface area contributed by atoms with Crippen LogP contribution in [0.2, 0.25) is 0 Å². The summed E-state index contributed by atoms with van der Waals surface area (Å²) >= 11 is 0. The van der Waals surface area contributed by atoms with Gasteiger partial charge in [-0.15, -0.1) is 0 Å². The SMILES string of the molecule is COc1cccc(OCC(=O)N2CCCC(O)(CO)CC2)c1. The van der Waals surface area contributed by atoms with Gasteiger partial charge in [0.1, 0.15) is 11.5 Å². The quantitative estimate of drug-likeness (QED) is 0.841. The van der Waals surface area contributed by atoms with E-state index in [0.717, 1.165) is 0 Å². The molecule has 1 amide bonds. The van der Waals surface area contributed by atoms with Crippen LogP contribution in [-0.2, 0) is 4.79 Å². The number of ether oxygens (including phenoxy) is 2. The minimum Gasteiger partial charge on any atom is -0.497 e. The first kappa shape index (κ1) is 16.6. The first-order chi connectivity index (χ1) is 10.6. The number of hydrogen-bond donors (Lipinski definition) is 2. The minimum absolute atomic E-state index is 0.0509. The molecule has 2 N–H and O–H groups in total. The third-order valence-electron chi connectivity index (χ3n) is 3.97. The summed E-state index contributed by atoms with van der Waals surface area (Å²) in [7, 11) is 1.57. The highest BCUT2D eigenvalue weighted by Gasteiger charge is 2.30. The molecular weight excluding hydrogens is 286 g/mol. The molecule has 0 spiro atoms. The molecule has 0 radical (unpaired) electrons. The van der Waals surface area contributed by atoms with E-state index in [1.807, 2.05) is 0 Å². The maximum Gasteiger partial charge on any atom is 0.260 e. The largest absolute Gasteiger partial charge is 0.497 e.